The van der Waals surface area contributed by atoms with E-state index in [0.717, 1.165) is 25.7 Å². The molecule has 1 N–H and O–H groups in total. The number of nitrogens with one attached hydrogen (secondary N) is 1. The standard InChI is InChI=1S/C16H18ClF2NO3/c1-9-4-2-3-5-14(9)20-15(21)8-23-16(22)10-6-12(18)13(19)7-11(10)17/h6-7,9,14H,2-5,8H2,1H3,(H,20,21)/t9-,14+/m1/s1. The zero-order valence-electron chi connectivity index (χ0n) is 12.7. The number of rotatable bonds is 4. The van der Waals surface area contributed by atoms with Crippen molar-refractivity contribution in [3.8, 4) is 0 Å². The molecule has 0 spiro atoms. The van der Waals surface area contributed by atoms with Crippen LogP contribution in [-0.2, 0) is 9.53 Å². The molecule has 0 heterocycles. The molecule has 2 rings (SSSR count). The lowest BCUT2D eigenvalue weighted by atomic mass is 9.86. The molecule has 0 saturated heterocycles. The van der Waals surface area contributed by atoms with Crippen LogP contribution in [-0.4, -0.2) is 24.5 Å². The molecule has 7 heteroatoms. The molecular weight excluding hydrogens is 328 g/mol. The molecule has 126 valence electrons. The summed E-state index contributed by atoms with van der Waals surface area (Å²) in [5, 5.41) is 2.56. The monoisotopic (exact) mass is 345 g/mol. The maximum Gasteiger partial charge on any atom is 0.340 e. The first-order valence-electron chi connectivity index (χ1n) is 7.49. The number of esters is 1. The number of amides is 1. The van der Waals surface area contributed by atoms with Crippen LogP contribution in [0.5, 0.6) is 0 Å². The van der Waals surface area contributed by atoms with Gasteiger partial charge in [0.2, 0.25) is 0 Å². The summed E-state index contributed by atoms with van der Waals surface area (Å²) in [5.41, 5.74) is -0.315. The van der Waals surface area contributed by atoms with Crippen molar-refractivity contribution >= 4 is 23.5 Å². The Labute approximate surface area is 138 Å². The second-order valence-electron chi connectivity index (χ2n) is 5.76. The molecule has 1 amide bonds. The first-order chi connectivity index (χ1) is 10.9. The highest BCUT2D eigenvalue weighted by Gasteiger charge is 2.23. The molecule has 0 unspecified atom stereocenters. The van der Waals surface area contributed by atoms with E-state index in [9.17, 15) is 18.4 Å². The molecule has 1 fully saturated rings. The number of carbonyl (C=O) groups is 2. The molecule has 1 aromatic rings. The van der Waals surface area contributed by atoms with Crippen LogP contribution in [0.4, 0.5) is 8.78 Å². The van der Waals surface area contributed by atoms with Crippen molar-refractivity contribution in [3.05, 3.63) is 34.4 Å². The average Bonchev–Trinajstić information content (AvgIpc) is 2.51. The highest BCUT2D eigenvalue weighted by atomic mass is 35.5. The second kappa shape index (κ2) is 7.73. The van der Waals surface area contributed by atoms with Crippen molar-refractivity contribution in [1.82, 2.24) is 5.32 Å². The summed E-state index contributed by atoms with van der Waals surface area (Å²) in [6.07, 6.45) is 4.15. The molecule has 4 nitrogen and oxygen atoms in total. The van der Waals surface area contributed by atoms with E-state index in [1.807, 2.05) is 0 Å². The third kappa shape index (κ3) is 4.64. The van der Waals surface area contributed by atoms with Gasteiger partial charge >= 0.3 is 5.97 Å². The summed E-state index contributed by atoms with van der Waals surface area (Å²) in [7, 11) is 0. The number of hydrogen-bond donors (Lipinski definition) is 1. The maximum absolute atomic E-state index is 13.1. The van der Waals surface area contributed by atoms with Crippen LogP contribution in [0.3, 0.4) is 0 Å². The molecule has 1 saturated carbocycles. The van der Waals surface area contributed by atoms with Crippen LogP contribution in [0.2, 0.25) is 5.02 Å². The predicted octanol–water partition coefficient (Wildman–Crippen LogP) is 3.47. The SMILES string of the molecule is C[C@@H]1CCCC[C@@H]1NC(=O)COC(=O)c1cc(F)c(F)cc1Cl. The molecule has 23 heavy (non-hydrogen) atoms. The first kappa shape index (κ1) is 17.7. The lowest BCUT2D eigenvalue weighted by Crippen LogP contribution is -2.42. The van der Waals surface area contributed by atoms with Crippen LogP contribution >= 0.6 is 11.6 Å². The van der Waals surface area contributed by atoms with Gasteiger partial charge < -0.3 is 10.1 Å². The van der Waals surface area contributed by atoms with Crippen molar-refractivity contribution in [2.45, 2.75) is 38.6 Å². The smallest absolute Gasteiger partial charge is 0.340 e. The Morgan fingerprint density at radius 3 is 2.61 bits per heavy atom. The fourth-order valence-electron chi connectivity index (χ4n) is 2.67. The highest BCUT2D eigenvalue weighted by molar-refractivity contribution is 6.33. The predicted molar refractivity (Wildman–Crippen MR) is 81.2 cm³/mol. The van der Waals surface area contributed by atoms with Crippen LogP contribution in [0.1, 0.15) is 43.0 Å². The molecule has 1 aliphatic carbocycles. The summed E-state index contributed by atoms with van der Waals surface area (Å²) in [6.45, 7) is 1.58. The van der Waals surface area contributed by atoms with Crippen molar-refractivity contribution < 1.29 is 23.1 Å². The minimum Gasteiger partial charge on any atom is -0.452 e. The number of benzene rings is 1. The second-order valence-corrected chi connectivity index (χ2v) is 6.17. The van der Waals surface area contributed by atoms with Gasteiger partial charge in [-0.25, -0.2) is 13.6 Å². The van der Waals surface area contributed by atoms with Gasteiger partial charge in [-0.15, -0.1) is 0 Å². The maximum atomic E-state index is 13.1. The van der Waals surface area contributed by atoms with Crippen LogP contribution in [0.15, 0.2) is 12.1 Å². The van der Waals surface area contributed by atoms with Crippen molar-refractivity contribution in [2.75, 3.05) is 6.61 Å². The van der Waals surface area contributed by atoms with Gasteiger partial charge in [0.25, 0.3) is 5.91 Å². The largest absolute Gasteiger partial charge is 0.452 e. The Kier molecular flexibility index (Phi) is 5.93. The molecule has 2 atom stereocenters. The van der Waals surface area contributed by atoms with Crippen molar-refractivity contribution in [1.29, 1.82) is 0 Å². The minimum absolute atomic E-state index is 0.0711. The normalized spacial score (nSPS) is 20.9. The summed E-state index contributed by atoms with van der Waals surface area (Å²) in [6, 6.07) is 1.42. The topological polar surface area (TPSA) is 55.4 Å². The van der Waals surface area contributed by atoms with E-state index in [4.69, 9.17) is 16.3 Å². The molecule has 0 radical (unpaired) electrons. The molecule has 0 aliphatic heterocycles. The lowest BCUT2D eigenvalue weighted by Gasteiger charge is -2.29. The Morgan fingerprint density at radius 2 is 1.91 bits per heavy atom. The summed E-state index contributed by atoms with van der Waals surface area (Å²) in [4.78, 5) is 23.7. The quantitative estimate of drug-likeness (QED) is 0.671. The van der Waals surface area contributed by atoms with E-state index in [1.165, 1.54) is 0 Å². The average molecular weight is 346 g/mol. The van der Waals surface area contributed by atoms with E-state index in [2.05, 4.69) is 12.2 Å². The molecule has 0 aromatic heterocycles. The van der Waals surface area contributed by atoms with Crippen LogP contribution in [0.25, 0.3) is 0 Å². The molecule has 0 bridgehead atoms. The zero-order chi connectivity index (χ0) is 17.0. The zero-order valence-corrected chi connectivity index (χ0v) is 13.5. The lowest BCUT2D eigenvalue weighted by molar-refractivity contribution is -0.125. The Morgan fingerprint density at radius 1 is 1.26 bits per heavy atom. The molecule has 1 aliphatic rings. The van der Waals surface area contributed by atoms with Gasteiger partial charge in [0.05, 0.1) is 10.6 Å². The Bertz CT molecular complexity index is 609. The third-order valence-corrected chi connectivity index (χ3v) is 4.33. The summed E-state index contributed by atoms with van der Waals surface area (Å²) in [5.74, 6) is -3.38. The van der Waals surface area contributed by atoms with Gasteiger partial charge in [0.1, 0.15) is 0 Å². The van der Waals surface area contributed by atoms with E-state index >= 15 is 0 Å². The fraction of sp³-hybridized carbons (Fsp3) is 0.500. The van der Waals surface area contributed by atoms with E-state index < -0.39 is 30.1 Å². The van der Waals surface area contributed by atoms with E-state index in [0.29, 0.717) is 18.1 Å². The number of ether oxygens (including phenoxy) is 1. The van der Waals surface area contributed by atoms with E-state index in [-0.39, 0.29) is 16.6 Å². The van der Waals surface area contributed by atoms with Gasteiger partial charge in [0.15, 0.2) is 18.2 Å². The third-order valence-electron chi connectivity index (χ3n) is 4.02. The van der Waals surface area contributed by atoms with Crippen LogP contribution < -0.4 is 5.32 Å². The molecule has 1 aromatic carbocycles. The Balaban J connectivity index is 1.89. The van der Waals surface area contributed by atoms with Crippen molar-refractivity contribution in [3.63, 3.8) is 0 Å². The van der Waals surface area contributed by atoms with Crippen molar-refractivity contribution in [2.24, 2.45) is 5.92 Å². The summed E-state index contributed by atoms with van der Waals surface area (Å²) >= 11 is 5.68. The Hall–Kier alpha value is -1.69. The van der Waals surface area contributed by atoms with Gasteiger partial charge in [0, 0.05) is 6.04 Å². The van der Waals surface area contributed by atoms with Gasteiger partial charge in [-0.3, -0.25) is 4.79 Å². The number of halogens is 3. The van der Waals surface area contributed by atoms with Crippen LogP contribution in [0, 0.1) is 17.6 Å². The fourth-order valence-corrected chi connectivity index (χ4v) is 2.89. The number of hydrogen-bond acceptors (Lipinski definition) is 3. The highest BCUT2D eigenvalue weighted by Crippen LogP contribution is 2.24. The first-order valence-corrected chi connectivity index (χ1v) is 7.87. The summed E-state index contributed by atoms with van der Waals surface area (Å²) < 4.78 is 30.9. The van der Waals surface area contributed by atoms with E-state index in [1.54, 1.807) is 0 Å². The minimum atomic E-state index is -1.21. The molecular formula is C16H18ClF2NO3. The van der Waals surface area contributed by atoms with Gasteiger partial charge in [-0.05, 0) is 30.9 Å². The van der Waals surface area contributed by atoms with Gasteiger partial charge in [-0.2, -0.15) is 0 Å². The number of carbonyl (C=O) groups excluding carboxylic acids is 2. The van der Waals surface area contributed by atoms with Gasteiger partial charge in [-0.1, -0.05) is 31.4 Å².